The first-order chi connectivity index (χ1) is 12.4. The number of rotatable bonds is 15. The smallest absolute Gasteiger partial charge is 0.343 e. The van der Waals surface area contributed by atoms with Crippen molar-refractivity contribution in [1.82, 2.24) is 5.32 Å². The fourth-order valence-electron chi connectivity index (χ4n) is 2.96. The summed E-state index contributed by atoms with van der Waals surface area (Å²) >= 11 is 0. The Morgan fingerprint density at radius 3 is 1.54 bits per heavy atom. The maximum atomic E-state index is 12.4. The molecular weight excluding hydrogens is 334 g/mol. The quantitative estimate of drug-likeness (QED) is 0.268. The molecule has 152 valence electrons. The molecule has 26 heavy (non-hydrogen) atoms. The first-order valence-corrected chi connectivity index (χ1v) is 10.1. The van der Waals surface area contributed by atoms with Gasteiger partial charge in [-0.1, -0.05) is 58.3 Å². The summed E-state index contributed by atoms with van der Waals surface area (Å²) in [5.74, 6) is -1.94. The Morgan fingerprint density at radius 2 is 1.15 bits per heavy atom. The minimum atomic E-state index is -1.74. The highest BCUT2D eigenvalue weighted by molar-refractivity contribution is 6.07. The molecule has 1 N–H and O–H groups in total. The zero-order valence-corrected chi connectivity index (χ0v) is 17.0. The summed E-state index contributed by atoms with van der Waals surface area (Å²) < 4.78 is 10.1. The third-order valence-electron chi connectivity index (χ3n) is 4.29. The number of carbonyl (C=O) groups excluding carboxylic acids is 3. The van der Waals surface area contributed by atoms with E-state index in [1.807, 2.05) is 0 Å². The molecule has 0 unspecified atom stereocenters. The molecule has 0 radical (unpaired) electrons. The fourth-order valence-corrected chi connectivity index (χ4v) is 2.96. The Kier molecular flexibility index (Phi) is 13.7. The molecule has 0 saturated heterocycles. The van der Waals surface area contributed by atoms with Crippen LogP contribution < -0.4 is 5.32 Å². The maximum absolute atomic E-state index is 12.4. The molecule has 0 aliphatic heterocycles. The van der Waals surface area contributed by atoms with Gasteiger partial charge in [0.1, 0.15) is 0 Å². The van der Waals surface area contributed by atoms with E-state index < -0.39 is 23.4 Å². The SMILES string of the molecule is CCCCCCCCCCCC(NC(C)=O)(C(=O)OCC)C(=O)OCC. The molecule has 1 amide bonds. The first kappa shape index (κ1) is 24.4. The Morgan fingerprint density at radius 1 is 0.731 bits per heavy atom. The second-order valence-electron chi connectivity index (χ2n) is 6.61. The van der Waals surface area contributed by atoms with Gasteiger partial charge in [0.15, 0.2) is 0 Å². The molecule has 0 heterocycles. The second kappa shape index (κ2) is 14.6. The van der Waals surface area contributed by atoms with Crippen LogP contribution >= 0.6 is 0 Å². The van der Waals surface area contributed by atoms with E-state index >= 15 is 0 Å². The average molecular weight is 372 g/mol. The normalized spacial score (nSPS) is 11.1. The van der Waals surface area contributed by atoms with Crippen molar-refractivity contribution in [2.75, 3.05) is 13.2 Å². The van der Waals surface area contributed by atoms with E-state index in [9.17, 15) is 14.4 Å². The summed E-state index contributed by atoms with van der Waals surface area (Å²) in [6, 6.07) is 0. The summed E-state index contributed by atoms with van der Waals surface area (Å²) in [6.45, 7) is 7.09. The molecule has 0 rings (SSSR count). The van der Waals surface area contributed by atoms with Gasteiger partial charge in [0.05, 0.1) is 13.2 Å². The Hall–Kier alpha value is -1.59. The van der Waals surface area contributed by atoms with Crippen LogP contribution in [0.15, 0.2) is 0 Å². The third-order valence-corrected chi connectivity index (χ3v) is 4.29. The summed E-state index contributed by atoms with van der Waals surface area (Å²) in [5, 5.41) is 2.50. The summed E-state index contributed by atoms with van der Waals surface area (Å²) in [5.41, 5.74) is -1.74. The van der Waals surface area contributed by atoms with Gasteiger partial charge in [-0.25, -0.2) is 9.59 Å². The molecule has 0 spiro atoms. The lowest BCUT2D eigenvalue weighted by Gasteiger charge is -2.29. The minimum absolute atomic E-state index is 0.136. The van der Waals surface area contributed by atoms with Crippen molar-refractivity contribution in [3.63, 3.8) is 0 Å². The number of amides is 1. The van der Waals surface area contributed by atoms with Crippen molar-refractivity contribution in [2.45, 2.75) is 97.4 Å². The lowest BCUT2D eigenvalue weighted by atomic mass is 9.91. The molecule has 6 nitrogen and oxygen atoms in total. The van der Waals surface area contributed by atoms with Crippen LogP contribution in [0.5, 0.6) is 0 Å². The van der Waals surface area contributed by atoms with Gasteiger partial charge < -0.3 is 14.8 Å². The minimum Gasteiger partial charge on any atom is -0.464 e. The molecule has 0 saturated carbocycles. The van der Waals surface area contributed by atoms with Crippen LogP contribution in [0.3, 0.4) is 0 Å². The van der Waals surface area contributed by atoms with Gasteiger partial charge in [-0.15, -0.1) is 0 Å². The van der Waals surface area contributed by atoms with Crippen LogP contribution in [0.1, 0.15) is 91.9 Å². The largest absolute Gasteiger partial charge is 0.464 e. The molecule has 0 atom stereocenters. The molecule has 0 aliphatic rings. The fraction of sp³-hybridized carbons (Fsp3) is 0.850. The number of hydrogen-bond donors (Lipinski definition) is 1. The lowest BCUT2D eigenvalue weighted by molar-refractivity contribution is -0.168. The summed E-state index contributed by atoms with van der Waals surface area (Å²) in [7, 11) is 0. The third kappa shape index (κ3) is 9.20. The maximum Gasteiger partial charge on any atom is 0.343 e. The van der Waals surface area contributed by atoms with Crippen molar-refractivity contribution < 1.29 is 23.9 Å². The standard InChI is InChI=1S/C20H37NO5/c1-5-8-9-10-11-12-13-14-15-16-20(21-17(4)22,18(23)25-6-2)19(24)26-7-3/h5-16H2,1-4H3,(H,21,22). The van der Waals surface area contributed by atoms with Crippen molar-refractivity contribution in [1.29, 1.82) is 0 Å². The summed E-state index contributed by atoms with van der Waals surface area (Å²) in [6.07, 6.45) is 10.2. The zero-order valence-electron chi connectivity index (χ0n) is 17.0. The lowest BCUT2D eigenvalue weighted by Crippen LogP contribution is -2.61. The summed E-state index contributed by atoms with van der Waals surface area (Å²) in [4.78, 5) is 36.5. The van der Waals surface area contributed by atoms with E-state index in [4.69, 9.17) is 9.47 Å². The average Bonchev–Trinajstić information content (AvgIpc) is 2.59. The second-order valence-corrected chi connectivity index (χ2v) is 6.61. The monoisotopic (exact) mass is 371 g/mol. The van der Waals surface area contributed by atoms with Gasteiger partial charge >= 0.3 is 11.9 Å². The first-order valence-electron chi connectivity index (χ1n) is 10.1. The van der Waals surface area contributed by atoms with E-state index in [1.165, 1.54) is 39.0 Å². The van der Waals surface area contributed by atoms with Crippen molar-refractivity contribution in [2.24, 2.45) is 0 Å². The van der Waals surface area contributed by atoms with Gasteiger partial charge in [0.25, 0.3) is 0 Å². The van der Waals surface area contributed by atoms with E-state index in [-0.39, 0.29) is 19.6 Å². The van der Waals surface area contributed by atoms with Gasteiger partial charge in [-0.3, -0.25) is 4.79 Å². The molecular formula is C20H37NO5. The highest BCUT2D eigenvalue weighted by atomic mass is 16.6. The van der Waals surface area contributed by atoms with Crippen molar-refractivity contribution in [3.8, 4) is 0 Å². The molecule has 0 aromatic rings. The Bertz CT molecular complexity index is 404. The van der Waals surface area contributed by atoms with Crippen LogP contribution in [0.2, 0.25) is 0 Å². The predicted octanol–water partition coefficient (Wildman–Crippen LogP) is 3.91. The topological polar surface area (TPSA) is 81.7 Å². The highest BCUT2D eigenvalue weighted by Crippen LogP contribution is 2.21. The van der Waals surface area contributed by atoms with Gasteiger partial charge in [0.2, 0.25) is 11.4 Å². The van der Waals surface area contributed by atoms with Crippen LogP contribution in [-0.4, -0.2) is 36.6 Å². The van der Waals surface area contributed by atoms with Crippen LogP contribution in [0.4, 0.5) is 0 Å². The van der Waals surface area contributed by atoms with E-state index in [2.05, 4.69) is 12.2 Å². The number of hydrogen-bond acceptors (Lipinski definition) is 5. The molecule has 0 aliphatic carbocycles. The number of carbonyl (C=O) groups is 3. The number of unbranched alkanes of at least 4 members (excludes halogenated alkanes) is 8. The zero-order chi connectivity index (χ0) is 19.8. The van der Waals surface area contributed by atoms with Crippen LogP contribution in [0.25, 0.3) is 0 Å². The molecule has 6 heteroatoms. The van der Waals surface area contributed by atoms with E-state index in [1.54, 1.807) is 13.8 Å². The van der Waals surface area contributed by atoms with Gasteiger partial charge in [0, 0.05) is 6.92 Å². The highest BCUT2D eigenvalue weighted by Gasteiger charge is 2.49. The van der Waals surface area contributed by atoms with E-state index in [0.29, 0.717) is 6.42 Å². The molecule has 0 fully saturated rings. The molecule has 0 aromatic heterocycles. The van der Waals surface area contributed by atoms with Crippen LogP contribution in [-0.2, 0) is 23.9 Å². The van der Waals surface area contributed by atoms with Crippen molar-refractivity contribution in [3.05, 3.63) is 0 Å². The van der Waals surface area contributed by atoms with Gasteiger partial charge in [-0.05, 0) is 26.7 Å². The predicted molar refractivity (Wildman–Crippen MR) is 102 cm³/mol. The Labute approximate surface area is 158 Å². The van der Waals surface area contributed by atoms with E-state index in [0.717, 1.165) is 19.3 Å². The number of ether oxygens (including phenoxy) is 2. The molecule has 0 aromatic carbocycles. The van der Waals surface area contributed by atoms with Crippen LogP contribution in [0, 0.1) is 0 Å². The number of nitrogens with one attached hydrogen (secondary N) is 1. The Balaban J connectivity index is 4.66. The molecule has 0 bridgehead atoms. The van der Waals surface area contributed by atoms with Crippen molar-refractivity contribution >= 4 is 17.8 Å². The van der Waals surface area contributed by atoms with Gasteiger partial charge in [-0.2, -0.15) is 0 Å². The number of esters is 2.